The first-order chi connectivity index (χ1) is 8.59. The summed E-state index contributed by atoms with van der Waals surface area (Å²) in [4.78, 5) is 10.1. The van der Waals surface area contributed by atoms with Gasteiger partial charge < -0.3 is 4.79 Å². The smallest absolute Gasteiger partial charge is 0.177 e. The van der Waals surface area contributed by atoms with Gasteiger partial charge in [-0.2, -0.15) is 0 Å². The lowest BCUT2D eigenvalue weighted by Gasteiger charge is -2.16. The SMILES string of the molecule is CC(CC=O)c1cccc(S(C)(=O)=O)c1S(C)(=O)=O. The van der Waals surface area contributed by atoms with Gasteiger partial charge in [0.2, 0.25) is 0 Å². The Labute approximate surface area is 113 Å². The van der Waals surface area contributed by atoms with E-state index in [1.807, 2.05) is 0 Å². The Morgan fingerprint density at radius 2 is 1.68 bits per heavy atom. The molecule has 0 bridgehead atoms. The molecule has 106 valence electrons. The van der Waals surface area contributed by atoms with Crippen LogP contribution in [-0.4, -0.2) is 35.6 Å². The van der Waals surface area contributed by atoms with Gasteiger partial charge >= 0.3 is 0 Å². The second-order valence-electron chi connectivity index (χ2n) is 4.52. The van der Waals surface area contributed by atoms with Crippen LogP contribution < -0.4 is 0 Å². The van der Waals surface area contributed by atoms with Gasteiger partial charge in [0.1, 0.15) is 6.29 Å². The first-order valence-corrected chi connectivity index (χ1v) is 9.34. The van der Waals surface area contributed by atoms with E-state index in [1.165, 1.54) is 12.1 Å². The number of carbonyl (C=O) groups is 1. The van der Waals surface area contributed by atoms with Crippen molar-refractivity contribution in [1.82, 2.24) is 0 Å². The lowest BCUT2D eigenvalue weighted by molar-refractivity contribution is -0.108. The third kappa shape index (κ3) is 3.63. The van der Waals surface area contributed by atoms with Crippen LogP contribution in [0.5, 0.6) is 0 Å². The highest BCUT2D eigenvalue weighted by atomic mass is 32.2. The van der Waals surface area contributed by atoms with Crippen LogP contribution in [0.15, 0.2) is 28.0 Å². The zero-order chi connectivity index (χ0) is 14.8. The molecule has 1 atom stereocenters. The fraction of sp³-hybridized carbons (Fsp3) is 0.417. The maximum absolute atomic E-state index is 11.9. The second-order valence-corrected chi connectivity index (χ2v) is 8.46. The van der Waals surface area contributed by atoms with Gasteiger partial charge in [-0.1, -0.05) is 19.1 Å². The van der Waals surface area contributed by atoms with Gasteiger partial charge in [-0.15, -0.1) is 0 Å². The number of rotatable bonds is 5. The lowest BCUT2D eigenvalue weighted by Crippen LogP contribution is -2.12. The van der Waals surface area contributed by atoms with Gasteiger partial charge in [0.25, 0.3) is 0 Å². The van der Waals surface area contributed by atoms with E-state index in [0.717, 1.165) is 12.5 Å². The molecule has 19 heavy (non-hydrogen) atoms. The Hall–Kier alpha value is -1.21. The molecule has 5 nitrogen and oxygen atoms in total. The van der Waals surface area contributed by atoms with Gasteiger partial charge in [-0.05, 0) is 17.5 Å². The van der Waals surface area contributed by atoms with E-state index in [4.69, 9.17) is 0 Å². The normalized spacial score (nSPS) is 14.1. The van der Waals surface area contributed by atoms with E-state index < -0.39 is 19.7 Å². The quantitative estimate of drug-likeness (QED) is 0.763. The molecule has 1 rings (SSSR count). The monoisotopic (exact) mass is 304 g/mol. The number of sulfone groups is 2. The van der Waals surface area contributed by atoms with Crippen molar-refractivity contribution in [3.63, 3.8) is 0 Å². The molecule has 0 aliphatic carbocycles. The summed E-state index contributed by atoms with van der Waals surface area (Å²) in [6.45, 7) is 1.68. The third-order valence-corrected chi connectivity index (χ3v) is 5.23. The highest BCUT2D eigenvalue weighted by Gasteiger charge is 2.25. The van der Waals surface area contributed by atoms with Crippen molar-refractivity contribution in [2.75, 3.05) is 12.5 Å². The fourth-order valence-corrected chi connectivity index (χ4v) is 4.70. The van der Waals surface area contributed by atoms with Gasteiger partial charge in [0.15, 0.2) is 19.7 Å². The van der Waals surface area contributed by atoms with Crippen LogP contribution in [-0.2, 0) is 24.5 Å². The molecule has 1 aromatic carbocycles. The van der Waals surface area contributed by atoms with Crippen molar-refractivity contribution < 1.29 is 21.6 Å². The highest BCUT2D eigenvalue weighted by molar-refractivity contribution is 7.93. The summed E-state index contributed by atoms with van der Waals surface area (Å²) >= 11 is 0. The molecular formula is C12H16O5S2. The molecule has 7 heteroatoms. The summed E-state index contributed by atoms with van der Waals surface area (Å²) in [7, 11) is -7.36. The van der Waals surface area contributed by atoms with Crippen molar-refractivity contribution >= 4 is 26.0 Å². The van der Waals surface area contributed by atoms with E-state index in [-0.39, 0.29) is 22.1 Å². The summed E-state index contributed by atoms with van der Waals surface area (Å²) in [6.07, 6.45) is 2.75. The standard InChI is InChI=1S/C12H16O5S2/c1-9(7-8-13)10-5-4-6-11(18(2,14)15)12(10)19(3,16)17/h4-6,8-9H,7H2,1-3H3. The molecule has 1 unspecified atom stereocenters. The van der Waals surface area contributed by atoms with Crippen LogP contribution >= 0.6 is 0 Å². The predicted octanol–water partition coefficient (Wildman–Crippen LogP) is 1.19. The first-order valence-electron chi connectivity index (χ1n) is 5.55. The average molecular weight is 304 g/mol. The third-order valence-electron chi connectivity index (χ3n) is 2.76. The minimum absolute atomic E-state index is 0.135. The fourth-order valence-electron chi connectivity index (χ4n) is 1.88. The number of hydrogen-bond acceptors (Lipinski definition) is 5. The van der Waals surface area contributed by atoms with Crippen molar-refractivity contribution in [2.45, 2.75) is 29.1 Å². The Morgan fingerprint density at radius 1 is 1.11 bits per heavy atom. The number of benzene rings is 1. The molecule has 0 saturated heterocycles. The molecule has 0 amide bonds. The van der Waals surface area contributed by atoms with Crippen LogP contribution in [0, 0.1) is 0 Å². The van der Waals surface area contributed by atoms with Gasteiger partial charge in [-0.25, -0.2) is 16.8 Å². The Morgan fingerprint density at radius 3 is 2.11 bits per heavy atom. The number of hydrogen-bond donors (Lipinski definition) is 0. The van der Waals surface area contributed by atoms with E-state index in [0.29, 0.717) is 11.8 Å². The van der Waals surface area contributed by atoms with E-state index in [2.05, 4.69) is 0 Å². The summed E-state index contributed by atoms with van der Waals surface area (Å²) in [5.41, 5.74) is 0.359. The van der Waals surface area contributed by atoms with Gasteiger partial charge in [0.05, 0.1) is 9.79 Å². The first kappa shape index (κ1) is 15.8. The Balaban J connectivity index is 3.72. The predicted molar refractivity (Wildman–Crippen MR) is 71.8 cm³/mol. The average Bonchev–Trinajstić information content (AvgIpc) is 2.26. The number of aldehydes is 1. The topological polar surface area (TPSA) is 85.3 Å². The lowest BCUT2D eigenvalue weighted by atomic mass is 9.98. The minimum atomic E-state index is -3.71. The molecule has 0 radical (unpaired) electrons. The molecule has 0 N–H and O–H groups in total. The van der Waals surface area contributed by atoms with E-state index >= 15 is 0 Å². The summed E-state index contributed by atoms with van der Waals surface area (Å²) in [5, 5.41) is 0. The highest BCUT2D eigenvalue weighted by Crippen LogP contribution is 2.31. The van der Waals surface area contributed by atoms with Crippen molar-refractivity contribution in [3.8, 4) is 0 Å². The molecule has 0 fully saturated rings. The maximum Gasteiger partial charge on any atom is 0.177 e. The van der Waals surface area contributed by atoms with E-state index in [1.54, 1.807) is 13.0 Å². The van der Waals surface area contributed by atoms with Crippen molar-refractivity contribution in [1.29, 1.82) is 0 Å². The largest absolute Gasteiger partial charge is 0.303 e. The molecule has 0 heterocycles. The zero-order valence-corrected chi connectivity index (χ0v) is 12.6. The molecular weight excluding hydrogens is 288 g/mol. The zero-order valence-electron chi connectivity index (χ0n) is 11.0. The number of carbonyl (C=O) groups excluding carboxylic acids is 1. The molecule has 0 saturated carbocycles. The summed E-state index contributed by atoms with van der Waals surface area (Å²) < 4.78 is 47.2. The maximum atomic E-state index is 11.9. The second kappa shape index (κ2) is 5.42. The minimum Gasteiger partial charge on any atom is -0.303 e. The van der Waals surface area contributed by atoms with Crippen molar-refractivity contribution in [3.05, 3.63) is 23.8 Å². The van der Waals surface area contributed by atoms with Crippen LogP contribution in [0.4, 0.5) is 0 Å². The van der Waals surface area contributed by atoms with Crippen LogP contribution in [0.25, 0.3) is 0 Å². The summed E-state index contributed by atoms with van der Waals surface area (Å²) in [6, 6.07) is 4.30. The van der Waals surface area contributed by atoms with Crippen LogP contribution in [0.3, 0.4) is 0 Å². The Bertz CT molecular complexity index is 687. The van der Waals surface area contributed by atoms with E-state index in [9.17, 15) is 21.6 Å². The molecule has 0 aliphatic heterocycles. The summed E-state index contributed by atoms with van der Waals surface area (Å²) in [5.74, 6) is -0.357. The van der Waals surface area contributed by atoms with Crippen LogP contribution in [0.2, 0.25) is 0 Å². The molecule has 0 spiro atoms. The molecule has 1 aromatic rings. The van der Waals surface area contributed by atoms with Gasteiger partial charge in [-0.3, -0.25) is 0 Å². The van der Waals surface area contributed by atoms with Gasteiger partial charge in [0, 0.05) is 18.9 Å². The van der Waals surface area contributed by atoms with Crippen molar-refractivity contribution in [2.24, 2.45) is 0 Å². The Kier molecular flexibility index (Phi) is 4.52. The van der Waals surface area contributed by atoms with Crippen LogP contribution in [0.1, 0.15) is 24.8 Å². The molecule has 0 aromatic heterocycles. The molecule has 0 aliphatic rings.